The number of carbonyl (C=O) groups excluding carboxylic acids is 2. The number of halogens is 1. The lowest BCUT2D eigenvalue weighted by molar-refractivity contribution is 0.102. The van der Waals surface area contributed by atoms with Crippen LogP contribution in [0.15, 0.2) is 72.8 Å². The second-order valence-corrected chi connectivity index (χ2v) is 6.06. The lowest BCUT2D eigenvalue weighted by Gasteiger charge is -2.10. The second-order valence-electron chi connectivity index (χ2n) is 6.06. The number of amides is 2. The Bertz CT molecular complexity index is 991. The van der Waals surface area contributed by atoms with E-state index in [1.54, 1.807) is 24.3 Å². The number of ether oxygens (including phenoxy) is 2. The molecule has 3 aromatic rings. The average molecular weight is 394 g/mol. The number of hydrogen-bond acceptors (Lipinski definition) is 4. The number of carbonyl (C=O) groups is 2. The summed E-state index contributed by atoms with van der Waals surface area (Å²) in [4.78, 5) is 23.7. The predicted octanol–water partition coefficient (Wildman–Crippen LogP) is 4.84. The van der Waals surface area contributed by atoms with Crippen LogP contribution in [-0.4, -0.2) is 19.1 Å². The highest BCUT2D eigenvalue weighted by Gasteiger charge is 2.11. The molecule has 0 atom stereocenters. The molecular weight excluding hydrogens is 375 g/mol. The van der Waals surface area contributed by atoms with E-state index in [2.05, 4.69) is 15.4 Å². The fourth-order valence-corrected chi connectivity index (χ4v) is 2.50. The Balaban J connectivity index is 1.62. The summed E-state index contributed by atoms with van der Waals surface area (Å²) in [5, 5.41) is 4.91. The van der Waals surface area contributed by atoms with Crippen molar-refractivity contribution in [1.29, 1.82) is 0 Å². The van der Waals surface area contributed by atoms with Crippen LogP contribution in [0.4, 0.5) is 20.6 Å². The monoisotopic (exact) mass is 394 g/mol. The summed E-state index contributed by atoms with van der Waals surface area (Å²) >= 11 is 0. The van der Waals surface area contributed by atoms with Crippen molar-refractivity contribution in [2.45, 2.75) is 6.61 Å². The molecule has 6 nitrogen and oxygen atoms in total. The maximum Gasteiger partial charge on any atom is 0.411 e. The van der Waals surface area contributed by atoms with Crippen molar-refractivity contribution < 1.29 is 23.5 Å². The standard InChI is InChI=1S/C22H19FN2O4/c1-28-22(27)25-20-13-17(11-12-19(20)23)24-21(26)16-9-7-15(8-10-16)14-29-18-5-3-2-4-6-18/h2-13H,14H2,1H3,(H,24,26)(H,25,27). The summed E-state index contributed by atoms with van der Waals surface area (Å²) in [6.07, 6.45) is -0.805. The van der Waals surface area contributed by atoms with E-state index in [9.17, 15) is 14.0 Å². The summed E-state index contributed by atoms with van der Waals surface area (Å²) < 4.78 is 23.9. The molecule has 3 rings (SSSR count). The molecule has 0 fully saturated rings. The molecule has 2 N–H and O–H groups in total. The highest BCUT2D eigenvalue weighted by atomic mass is 19.1. The second kappa shape index (κ2) is 9.36. The minimum Gasteiger partial charge on any atom is -0.489 e. The third-order valence-electron chi connectivity index (χ3n) is 4.01. The maximum absolute atomic E-state index is 13.8. The van der Waals surface area contributed by atoms with E-state index in [-0.39, 0.29) is 11.6 Å². The molecule has 0 bridgehead atoms. The summed E-state index contributed by atoms with van der Waals surface area (Å²) in [7, 11) is 1.17. The lowest BCUT2D eigenvalue weighted by atomic mass is 10.1. The number of para-hydroxylation sites is 1. The van der Waals surface area contributed by atoms with Crippen molar-refractivity contribution in [2.24, 2.45) is 0 Å². The van der Waals surface area contributed by atoms with E-state index in [0.717, 1.165) is 17.4 Å². The van der Waals surface area contributed by atoms with Crippen molar-refractivity contribution in [3.8, 4) is 5.75 Å². The van der Waals surface area contributed by atoms with Gasteiger partial charge in [-0.3, -0.25) is 10.1 Å². The van der Waals surface area contributed by atoms with E-state index < -0.39 is 11.9 Å². The average Bonchev–Trinajstić information content (AvgIpc) is 2.75. The van der Waals surface area contributed by atoms with Crippen LogP contribution >= 0.6 is 0 Å². The van der Waals surface area contributed by atoms with Gasteiger partial charge in [0.2, 0.25) is 0 Å². The molecule has 0 spiro atoms. The SMILES string of the molecule is COC(=O)Nc1cc(NC(=O)c2ccc(COc3ccccc3)cc2)ccc1F. The van der Waals surface area contributed by atoms with Crippen molar-refractivity contribution >= 4 is 23.4 Å². The topological polar surface area (TPSA) is 76.7 Å². The van der Waals surface area contributed by atoms with Gasteiger partial charge in [-0.2, -0.15) is 0 Å². The van der Waals surface area contributed by atoms with Crippen LogP contribution in [0, 0.1) is 5.82 Å². The third kappa shape index (κ3) is 5.55. The minimum absolute atomic E-state index is 0.0944. The molecule has 2 amide bonds. The first-order chi connectivity index (χ1) is 14.0. The third-order valence-corrected chi connectivity index (χ3v) is 4.01. The Kier molecular flexibility index (Phi) is 6.42. The fraction of sp³-hybridized carbons (Fsp3) is 0.0909. The van der Waals surface area contributed by atoms with Gasteiger partial charge in [-0.1, -0.05) is 30.3 Å². The van der Waals surface area contributed by atoms with Crippen LogP contribution < -0.4 is 15.4 Å². The van der Waals surface area contributed by atoms with E-state index in [4.69, 9.17) is 4.74 Å². The number of hydrogen-bond donors (Lipinski definition) is 2. The Morgan fingerprint density at radius 2 is 1.66 bits per heavy atom. The van der Waals surface area contributed by atoms with Crippen LogP contribution in [-0.2, 0) is 11.3 Å². The molecule has 148 valence electrons. The minimum atomic E-state index is -0.805. The summed E-state index contributed by atoms with van der Waals surface area (Å²) in [6, 6.07) is 20.2. The molecule has 0 aliphatic rings. The molecular formula is C22H19FN2O4. The molecule has 0 radical (unpaired) electrons. The number of rotatable bonds is 6. The molecule has 0 unspecified atom stereocenters. The molecule has 29 heavy (non-hydrogen) atoms. The largest absolute Gasteiger partial charge is 0.489 e. The lowest BCUT2D eigenvalue weighted by Crippen LogP contribution is -2.14. The van der Waals surface area contributed by atoms with Gasteiger partial charge < -0.3 is 14.8 Å². The first kappa shape index (κ1) is 19.9. The van der Waals surface area contributed by atoms with Crippen LogP contribution in [0.3, 0.4) is 0 Å². The Labute approximate surface area is 167 Å². The predicted molar refractivity (Wildman–Crippen MR) is 108 cm³/mol. The Morgan fingerprint density at radius 3 is 2.34 bits per heavy atom. The number of anilines is 2. The summed E-state index contributed by atoms with van der Waals surface area (Å²) in [6.45, 7) is 0.381. The van der Waals surface area contributed by atoms with Crippen LogP contribution in [0.5, 0.6) is 5.75 Å². The zero-order chi connectivity index (χ0) is 20.6. The van der Waals surface area contributed by atoms with Crippen LogP contribution in [0.25, 0.3) is 0 Å². The number of benzene rings is 3. The van der Waals surface area contributed by atoms with Gasteiger partial charge >= 0.3 is 6.09 Å². The van der Waals surface area contributed by atoms with Crippen LogP contribution in [0.1, 0.15) is 15.9 Å². The van der Waals surface area contributed by atoms with Gasteiger partial charge in [-0.25, -0.2) is 9.18 Å². The Morgan fingerprint density at radius 1 is 0.931 bits per heavy atom. The van der Waals surface area contributed by atoms with Gasteiger partial charge in [-0.05, 0) is 48.0 Å². The van der Waals surface area contributed by atoms with Gasteiger partial charge in [0.05, 0.1) is 12.8 Å². The van der Waals surface area contributed by atoms with Crippen molar-refractivity contribution in [3.05, 3.63) is 89.7 Å². The van der Waals surface area contributed by atoms with Gasteiger partial charge in [0, 0.05) is 11.3 Å². The molecule has 7 heteroatoms. The zero-order valence-electron chi connectivity index (χ0n) is 15.6. The first-order valence-electron chi connectivity index (χ1n) is 8.78. The van der Waals surface area contributed by atoms with Gasteiger partial charge in [0.1, 0.15) is 18.2 Å². The van der Waals surface area contributed by atoms with Crippen molar-refractivity contribution in [1.82, 2.24) is 0 Å². The van der Waals surface area contributed by atoms with Crippen molar-refractivity contribution in [2.75, 3.05) is 17.7 Å². The first-order valence-corrected chi connectivity index (χ1v) is 8.78. The molecule has 0 aliphatic heterocycles. The Hall–Kier alpha value is -3.87. The number of methoxy groups -OCH3 is 1. The highest BCUT2D eigenvalue weighted by Crippen LogP contribution is 2.21. The molecule has 0 aliphatic carbocycles. The summed E-state index contributed by atoms with van der Waals surface area (Å²) in [5.41, 5.74) is 1.58. The highest BCUT2D eigenvalue weighted by molar-refractivity contribution is 6.04. The van der Waals surface area contributed by atoms with Gasteiger partial charge in [0.25, 0.3) is 5.91 Å². The summed E-state index contributed by atoms with van der Waals surface area (Å²) in [5.74, 6) is -0.241. The maximum atomic E-state index is 13.8. The normalized spacial score (nSPS) is 10.1. The molecule has 0 saturated heterocycles. The van der Waals surface area contributed by atoms with E-state index in [1.165, 1.54) is 19.2 Å². The van der Waals surface area contributed by atoms with Gasteiger partial charge in [-0.15, -0.1) is 0 Å². The smallest absolute Gasteiger partial charge is 0.411 e. The van der Waals surface area contributed by atoms with Gasteiger partial charge in [0.15, 0.2) is 0 Å². The molecule has 0 heterocycles. The quantitative estimate of drug-likeness (QED) is 0.628. The van der Waals surface area contributed by atoms with E-state index in [1.807, 2.05) is 30.3 Å². The van der Waals surface area contributed by atoms with E-state index in [0.29, 0.717) is 17.9 Å². The molecule has 0 saturated carbocycles. The molecule has 3 aromatic carbocycles. The number of nitrogens with one attached hydrogen (secondary N) is 2. The van der Waals surface area contributed by atoms with E-state index >= 15 is 0 Å². The zero-order valence-corrected chi connectivity index (χ0v) is 15.6. The molecule has 0 aromatic heterocycles. The fourth-order valence-electron chi connectivity index (χ4n) is 2.50. The van der Waals surface area contributed by atoms with Crippen LogP contribution in [0.2, 0.25) is 0 Å². The van der Waals surface area contributed by atoms with Crippen molar-refractivity contribution in [3.63, 3.8) is 0 Å².